The van der Waals surface area contributed by atoms with E-state index in [0.717, 1.165) is 33.9 Å². The minimum absolute atomic E-state index is 0.591. The molecular formula is C18H20N2O2. The molecule has 0 amide bonds. The lowest BCUT2D eigenvalue weighted by atomic mass is 10.1. The van der Waals surface area contributed by atoms with Gasteiger partial charge in [0.1, 0.15) is 11.4 Å². The molecule has 1 N–H and O–H groups in total. The molecule has 0 aliphatic heterocycles. The van der Waals surface area contributed by atoms with Crippen LogP contribution in [-0.4, -0.2) is 21.1 Å². The molecule has 0 aliphatic carbocycles. The Bertz CT molecular complexity index is 806. The molecule has 22 heavy (non-hydrogen) atoms. The Morgan fingerprint density at radius 1 is 1.23 bits per heavy atom. The summed E-state index contributed by atoms with van der Waals surface area (Å²) in [4.78, 5) is 4.77. The summed E-state index contributed by atoms with van der Waals surface area (Å²) in [7, 11) is 0. The van der Waals surface area contributed by atoms with Crippen molar-refractivity contribution in [1.29, 1.82) is 0 Å². The second-order valence-electron chi connectivity index (χ2n) is 5.34. The zero-order valence-electron chi connectivity index (χ0n) is 13.1. The van der Waals surface area contributed by atoms with E-state index in [1.54, 1.807) is 6.92 Å². The fourth-order valence-electron chi connectivity index (χ4n) is 2.76. The minimum Gasteiger partial charge on any atom is -0.493 e. The number of ether oxygens (including phenoxy) is 1. The van der Waals surface area contributed by atoms with Crippen LogP contribution in [0.15, 0.2) is 42.6 Å². The summed E-state index contributed by atoms with van der Waals surface area (Å²) in [6.45, 7) is 6.33. The van der Waals surface area contributed by atoms with Crippen molar-refractivity contribution in [3.63, 3.8) is 0 Å². The highest BCUT2D eigenvalue weighted by Crippen LogP contribution is 2.35. The van der Waals surface area contributed by atoms with Gasteiger partial charge in [-0.3, -0.25) is 0 Å². The van der Waals surface area contributed by atoms with E-state index in [1.165, 1.54) is 0 Å². The quantitative estimate of drug-likeness (QED) is 0.797. The first-order valence-electron chi connectivity index (χ1n) is 7.51. The number of fused-ring (bicyclic) bond motifs is 1. The number of para-hydroxylation sites is 1. The van der Waals surface area contributed by atoms with E-state index in [0.29, 0.717) is 6.61 Å². The van der Waals surface area contributed by atoms with Crippen LogP contribution in [0.1, 0.15) is 31.2 Å². The molecule has 0 saturated heterocycles. The lowest BCUT2D eigenvalue weighted by Gasteiger charge is -2.11. The van der Waals surface area contributed by atoms with Crippen LogP contribution in [0.3, 0.4) is 0 Å². The highest BCUT2D eigenvalue weighted by Gasteiger charge is 2.21. The number of hydrogen-bond donors (Lipinski definition) is 1. The molecule has 0 radical (unpaired) electrons. The summed E-state index contributed by atoms with van der Waals surface area (Å²) < 4.78 is 7.68. The molecule has 4 heteroatoms. The summed E-state index contributed by atoms with van der Waals surface area (Å²) in [5.41, 5.74) is 4.40. The van der Waals surface area contributed by atoms with E-state index in [2.05, 4.69) is 0 Å². The molecule has 0 spiro atoms. The van der Waals surface area contributed by atoms with Crippen LogP contribution >= 0.6 is 0 Å². The zero-order valence-corrected chi connectivity index (χ0v) is 13.1. The number of aryl methyl sites for hydroxylation is 1. The second-order valence-corrected chi connectivity index (χ2v) is 5.34. The fraction of sp³-hybridized carbons (Fsp3) is 0.278. The molecule has 3 rings (SSSR count). The predicted molar refractivity (Wildman–Crippen MR) is 87.2 cm³/mol. The van der Waals surface area contributed by atoms with Crippen LogP contribution < -0.4 is 4.74 Å². The van der Waals surface area contributed by atoms with Crippen molar-refractivity contribution in [2.24, 2.45) is 0 Å². The van der Waals surface area contributed by atoms with Crippen molar-refractivity contribution in [2.45, 2.75) is 26.9 Å². The van der Waals surface area contributed by atoms with Crippen LogP contribution in [0.4, 0.5) is 0 Å². The van der Waals surface area contributed by atoms with Gasteiger partial charge >= 0.3 is 0 Å². The van der Waals surface area contributed by atoms with Crippen LogP contribution in [0.25, 0.3) is 16.9 Å². The maximum Gasteiger partial charge on any atom is 0.140 e. The Kier molecular flexibility index (Phi) is 3.86. The van der Waals surface area contributed by atoms with E-state index >= 15 is 0 Å². The molecule has 1 aromatic carbocycles. The Hall–Kier alpha value is -2.33. The summed E-state index contributed by atoms with van der Waals surface area (Å²) in [6.07, 6.45) is 1.31. The molecule has 0 fully saturated rings. The monoisotopic (exact) mass is 296 g/mol. The third-order valence-electron chi connectivity index (χ3n) is 3.72. The van der Waals surface area contributed by atoms with Crippen LogP contribution in [0, 0.1) is 6.92 Å². The second kappa shape index (κ2) is 5.81. The van der Waals surface area contributed by atoms with Crippen molar-refractivity contribution < 1.29 is 9.84 Å². The maximum absolute atomic E-state index is 10.3. The van der Waals surface area contributed by atoms with Gasteiger partial charge in [-0.05, 0) is 44.5 Å². The molecule has 0 aliphatic rings. The number of hydrogen-bond acceptors (Lipinski definition) is 3. The highest BCUT2D eigenvalue weighted by molar-refractivity contribution is 5.73. The van der Waals surface area contributed by atoms with E-state index in [-0.39, 0.29) is 0 Å². The van der Waals surface area contributed by atoms with E-state index < -0.39 is 6.10 Å². The molecule has 2 aromatic heterocycles. The first-order chi connectivity index (χ1) is 10.6. The third-order valence-corrected chi connectivity index (χ3v) is 3.72. The summed E-state index contributed by atoms with van der Waals surface area (Å²) in [5.74, 6) is 0.785. The lowest BCUT2D eigenvalue weighted by molar-refractivity contribution is 0.194. The number of aliphatic hydroxyl groups excluding tert-OH is 1. The molecule has 3 aromatic rings. The molecule has 1 unspecified atom stereocenters. The van der Waals surface area contributed by atoms with Gasteiger partial charge in [0, 0.05) is 11.8 Å². The molecule has 4 nitrogen and oxygen atoms in total. The average molecular weight is 296 g/mol. The van der Waals surface area contributed by atoms with Gasteiger partial charge in [-0.2, -0.15) is 0 Å². The van der Waals surface area contributed by atoms with Crippen molar-refractivity contribution in [3.8, 4) is 17.0 Å². The van der Waals surface area contributed by atoms with Crippen LogP contribution in [0.5, 0.6) is 5.75 Å². The Morgan fingerprint density at radius 2 is 2.00 bits per heavy atom. The molecular weight excluding hydrogens is 276 g/mol. The Balaban J connectivity index is 2.31. The molecule has 114 valence electrons. The minimum atomic E-state index is -0.624. The van der Waals surface area contributed by atoms with Crippen LogP contribution in [0.2, 0.25) is 0 Å². The van der Waals surface area contributed by atoms with Crippen molar-refractivity contribution in [1.82, 2.24) is 9.38 Å². The maximum atomic E-state index is 10.3. The summed E-state index contributed by atoms with van der Waals surface area (Å²) in [5, 5.41) is 10.3. The van der Waals surface area contributed by atoms with Gasteiger partial charge < -0.3 is 14.2 Å². The van der Waals surface area contributed by atoms with Crippen molar-refractivity contribution in [3.05, 3.63) is 53.9 Å². The Labute approximate surface area is 130 Å². The number of rotatable bonds is 4. The normalized spacial score (nSPS) is 12.5. The number of nitrogens with zero attached hydrogens (tertiary/aromatic N) is 2. The van der Waals surface area contributed by atoms with Gasteiger partial charge in [0.25, 0.3) is 0 Å². The van der Waals surface area contributed by atoms with E-state index in [4.69, 9.17) is 9.72 Å². The van der Waals surface area contributed by atoms with Gasteiger partial charge in [-0.15, -0.1) is 0 Å². The highest BCUT2D eigenvalue weighted by atomic mass is 16.5. The van der Waals surface area contributed by atoms with Gasteiger partial charge in [0.05, 0.1) is 24.1 Å². The summed E-state index contributed by atoms with van der Waals surface area (Å²) >= 11 is 0. The number of aromatic nitrogens is 2. The van der Waals surface area contributed by atoms with Crippen LogP contribution in [-0.2, 0) is 0 Å². The molecule has 0 bridgehead atoms. The smallest absolute Gasteiger partial charge is 0.140 e. The van der Waals surface area contributed by atoms with Gasteiger partial charge in [0.2, 0.25) is 0 Å². The first kappa shape index (κ1) is 14.6. The lowest BCUT2D eigenvalue weighted by Crippen LogP contribution is -2.01. The van der Waals surface area contributed by atoms with Gasteiger partial charge in [-0.1, -0.05) is 18.2 Å². The SMILES string of the molecule is CCOc1ccccc1-c1nc2c(C)cccn2c1C(C)O. The van der Waals surface area contributed by atoms with E-state index in [9.17, 15) is 5.11 Å². The fourth-order valence-corrected chi connectivity index (χ4v) is 2.76. The first-order valence-corrected chi connectivity index (χ1v) is 7.51. The number of imidazole rings is 1. The van der Waals surface area contributed by atoms with Gasteiger partial charge in [-0.25, -0.2) is 4.98 Å². The number of pyridine rings is 1. The molecule has 0 saturated carbocycles. The van der Waals surface area contributed by atoms with E-state index in [1.807, 2.05) is 60.8 Å². The van der Waals surface area contributed by atoms with Crippen molar-refractivity contribution in [2.75, 3.05) is 6.61 Å². The van der Waals surface area contributed by atoms with Gasteiger partial charge in [0.15, 0.2) is 0 Å². The average Bonchev–Trinajstić information content (AvgIpc) is 2.89. The van der Waals surface area contributed by atoms with Crippen molar-refractivity contribution >= 4 is 5.65 Å². The molecule has 1 atom stereocenters. The molecule has 2 heterocycles. The topological polar surface area (TPSA) is 46.8 Å². The number of benzene rings is 1. The zero-order chi connectivity index (χ0) is 15.7. The third kappa shape index (κ3) is 2.35. The largest absolute Gasteiger partial charge is 0.493 e. The number of aliphatic hydroxyl groups is 1. The summed E-state index contributed by atoms with van der Waals surface area (Å²) in [6, 6.07) is 11.8. The predicted octanol–water partition coefficient (Wildman–Crippen LogP) is 3.76. The Morgan fingerprint density at radius 3 is 2.73 bits per heavy atom. The standard InChI is InChI=1S/C18H20N2O2/c1-4-22-15-10-6-5-9-14(15)16-17(13(3)21)20-11-7-8-12(2)18(20)19-16/h5-11,13,21H,4H2,1-3H3.